The standard InChI is InChI=1S/C27H34O4/c1-26-14-12-20(31-25(29)30-17-18-6-4-3-5-7-18)16-19(26)8-9-21-22-10-11-24(28)27(22,2)15-13-23(21)26/h3-8,20-23H,9-17H2,1-2H3/t20-,21-,22-,23-,26-,27-/m0/s1. The van der Waals surface area contributed by atoms with Gasteiger partial charge in [-0.3, -0.25) is 4.79 Å². The molecule has 0 spiro atoms. The highest BCUT2D eigenvalue weighted by atomic mass is 16.7. The summed E-state index contributed by atoms with van der Waals surface area (Å²) in [6.07, 6.45) is 9.66. The van der Waals surface area contributed by atoms with Crippen molar-refractivity contribution in [1.82, 2.24) is 0 Å². The van der Waals surface area contributed by atoms with E-state index < -0.39 is 6.16 Å². The lowest BCUT2D eigenvalue weighted by Gasteiger charge is -2.56. The molecule has 3 fully saturated rings. The maximum atomic E-state index is 12.6. The molecule has 0 N–H and O–H groups in total. The van der Waals surface area contributed by atoms with Crippen molar-refractivity contribution in [2.75, 3.05) is 0 Å². The summed E-state index contributed by atoms with van der Waals surface area (Å²) in [5, 5.41) is 0. The summed E-state index contributed by atoms with van der Waals surface area (Å²) in [6.45, 7) is 4.91. The number of Topliss-reactive ketones (excluding diaryl/α,β-unsaturated/α-hetero) is 1. The molecule has 6 atom stereocenters. The Balaban J connectivity index is 1.23. The Bertz CT molecular complexity index is 890. The van der Waals surface area contributed by atoms with Gasteiger partial charge in [-0.25, -0.2) is 4.79 Å². The minimum Gasteiger partial charge on any atom is -0.431 e. The lowest BCUT2D eigenvalue weighted by atomic mass is 9.48. The van der Waals surface area contributed by atoms with Gasteiger partial charge in [-0.05, 0) is 67.3 Å². The molecular weight excluding hydrogens is 388 g/mol. The zero-order chi connectivity index (χ0) is 21.6. The number of fused-ring (bicyclic) bond motifs is 5. The van der Waals surface area contributed by atoms with E-state index in [1.165, 1.54) is 5.57 Å². The summed E-state index contributed by atoms with van der Waals surface area (Å²) in [6, 6.07) is 9.69. The van der Waals surface area contributed by atoms with Crippen LogP contribution in [0.15, 0.2) is 42.0 Å². The zero-order valence-electron chi connectivity index (χ0n) is 18.8. The van der Waals surface area contributed by atoms with Crippen molar-refractivity contribution in [2.45, 2.75) is 77.9 Å². The van der Waals surface area contributed by atoms with Gasteiger partial charge in [0, 0.05) is 18.3 Å². The molecule has 5 rings (SSSR count). The van der Waals surface area contributed by atoms with Crippen LogP contribution in [0, 0.1) is 28.6 Å². The normalized spacial score (nSPS) is 39.0. The molecule has 0 amide bonds. The zero-order valence-corrected chi connectivity index (χ0v) is 18.8. The molecule has 31 heavy (non-hydrogen) atoms. The molecule has 166 valence electrons. The van der Waals surface area contributed by atoms with Crippen LogP contribution in [-0.4, -0.2) is 18.0 Å². The van der Waals surface area contributed by atoms with Crippen molar-refractivity contribution in [3.05, 3.63) is 47.5 Å². The van der Waals surface area contributed by atoms with Gasteiger partial charge < -0.3 is 9.47 Å². The fraction of sp³-hybridized carbons (Fsp3) is 0.630. The quantitative estimate of drug-likeness (QED) is 0.427. The van der Waals surface area contributed by atoms with Crippen molar-refractivity contribution in [3.63, 3.8) is 0 Å². The fourth-order valence-electron chi connectivity index (χ4n) is 7.39. The molecule has 0 aromatic heterocycles. The lowest BCUT2D eigenvalue weighted by molar-refractivity contribution is -0.132. The van der Waals surface area contributed by atoms with Crippen molar-refractivity contribution < 1.29 is 19.1 Å². The number of allylic oxidation sites excluding steroid dienone is 1. The summed E-state index contributed by atoms with van der Waals surface area (Å²) in [4.78, 5) is 24.8. The Morgan fingerprint density at radius 3 is 2.58 bits per heavy atom. The Hall–Kier alpha value is -2.10. The van der Waals surface area contributed by atoms with E-state index in [1.807, 2.05) is 30.3 Å². The molecule has 4 aliphatic rings. The number of benzene rings is 1. The second-order valence-corrected chi connectivity index (χ2v) is 10.7. The molecule has 1 aromatic carbocycles. The molecule has 4 aliphatic carbocycles. The highest BCUT2D eigenvalue weighted by Gasteiger charge is 2.58. The Morgan fingerprint density at radius 2 is 1.77 bits per heavy atom. The molecule has 1 aromatic rings. The van der Waals surface area contributed by atoms with Gasteiger partial charge in [0.1, 0.15) is 18.5 Å². The molecule has 3 saturated carbocycles. The van der Waals surface area contributed by atoms with Crippen LogP contribution in [-0.2, 0) is 20.9 Å². The maximum absolute atomic E-state index is 12.6. The van der Waals surface area contributed by atoms with Crippen LogP contribution in [0.4, 0.5) is 4.79 Å². The van der Waals surface area contributed by atoms with E-state index in [9.17, 15) is 9.59 Å². The van der Waals surface area contributed by atoms with E-state index in [0.717, 1.165) is 56.9 Å². The lowest BCUT2D eigenvalue weighted by Crippen LogP contribution is -2.50. The number of carbonyl (C=O) groups excluding carboxylic acids is 2. The molecule has 0 bridgehead atoms. The van der Waals surface area contributed by atoms with Gasteiger partial charge in [0.05, 0.1) is 0 Å². The third-order valence-corrected chi connectivity index (χ3v) is 9.23. The molecule has 0 heterocycles. The van der Waals surface area contributed by atoms with Gasteiger partial charge in [0.15, 0.2) is 0 Å². The summed E-state index contributed by atoms with van der Waals surface area (Å²) in [5.74, 6) is 2.34. The van der Waals surface area contributed by atoms with Crippen LogP contribution >= 0.6 is 0 Å². The van der Waals surface area contributed by atoms with Gasteiger partial charge in [0.25, 0.3) is 0 Å². The van der Waals surface area contributed by atoms with E-state index in [-0.39, 0.29) is 23.5 Å². The number of rotatable bonds is 3. The minimum atomic E-state index is -0.565. The van der Waals surface area contributed by atoms with Crippen molar-refractivity contribution in [1.29, 1.82) is 0 Å². The third-order valence-electron chi connectivity index (χ3n) is 9.23. The molecule has 0 aliphatic heterocycles. The van der Waals surface area contributed by atoms with E-state index in [2.05, 4.69) is 19.9 Å². The second kappa shape index (κ2) is 7.79. The van der Waals surface area contributed by atoms with Crippen LogP contribution in [0.2, 0.25) is 0 Å². The topological polar surface area (TPSA) is 52.6 Å². The van der Waals surface area contributed by atoms with E-state index >= 15 is 0 Å². The van der Waals surface area contributed by atoms with Crippen molar-refractivity contribution >= 4 is 11.9 Å². The summed E-state index contributed by atoms with van der Waals surface area (Å²) >= 11 is 0. The second-order valence-electron chi connectivity index (χ2n) is 10.7. The predicted molar refractivity (Wildman–Crippen MR) is 118 cm³/mol. The van der Waals surface area contributed by atoms with Crippen molar-refractivity contribution in [3.8, 4) is 0 Å². The van der Waals surface area contributed by atoms with Crippen LogP contribution in [0.1, 0.15) is 70.8 Å². The molecular formula is C27H34O4. The van der Waals surface area contributed by atoms with Gasteiger partial charge in [-0.2, -0.15) is 0 Å². The Labute approximate surface area is 185 Å². The predicted octanol–water partition coefficient (Wildman–Crippen LogP) is 6.24. The SMILES string of the molecule is C[C@]12CC[C@H](OC(=O)OCc3ccccc3)CC1=CC[C@@H]1[C@@H]2CC[C@]2(C)C(=O)CC[C@@H]12. The first kappa shape index (κ1) is 20.8. The van der Waals surface area contributed by atoms with Gasteiger partial charge in [-0.15, -0.1) is 0 Å². The first-order valence-electron chi connectivity index (χ1n) is 12.0. The summed E-state index contributed by atoms with van der Waals surface area (Å²) in [7, 11) is 0. The number of carbonyl (C=O) groups is 2. The fourth-order valence-corrected chi connectivity index (χ4v) is 7.39. The van der Waals surface area contributed by atoms with Gasteiger partial charge >= 0.3 is 6.16 Å². The van der Waals surface area contributed by atoms with Crippen LogP contribution in [0.5, 0.6) is 0 Å². The van der Waals surface area contributed by atoms with E-state index in [4.69, 9.17) is 9.47 Å². The molecule has 4 heteroatoms. The highest BCUT2D eigenvalue weighted by molar-refractivity contribution is 5.87. The molecule has 4 nitrogen and oxygen atoms in total. The summed E-state index contributed by atoms with van der Waals surface area (Å²) < 4.78 is 11.0. The van der Waals surface area contributed by atoms with Crippen LogP contribution in [0.25, 0.3) is 0 Å². The average molecular weight is 423 g/mol. The maximum Gasteiger partial charge on any atom is 0.508 e. The van der Waals surface area contributed by atoms with E-state index in [1.54, 1.807) is 0 Å². The van der Waals surface area contributed by atoms with Gasteiger partial charge in [0.2, 0.25) is 0 Å². The van der Waals surface area contributed by atoms with Crippen LogP contribution in [0.3, 0.4) is 0 Å². The summed E-state index contributed by atoms with van der Waals surface area (Å²) in [5.41, 5.74) is 2.54. The first-order chi connectivity index (χ1) is 14.9. The molecule has 0 unspecified atom stereocenters. The Kier molecular flexibility index (Phi) is 5.22. The number of hydrogen-bond donors (Lipinski definition) is 0. The Morgan fingerprint density at radius 1 is 1.03 bits per heavy atom. The number of hydrogen-bond acceptors (Lipinski definition) is 4. The minimum absolute atomic E-state index is 0.0777. The van der Waals surface area contributed by atoms with Crippen molar-refractivity contribution in [2.24, 2.45) is 28.6 Å². The van der Waals surface area contributed by atoms with Crippen LogP contribution < -0.4 is 0 Å². The largest absolute Gasteiger partial charge is 0.508 e. The number of ether oxygens (including phenoxy) is 2. The number of ketones is 1. The first-order valence-corrected chi connectivity index (χ1v) is 12.0. The monoisotopic (exact) mass is 422 g/mol. The van der Waals surface area contributed by atoms with E-state index in [0.29, 0.717) is 23.5 Å². The average Bonchev–Trinajstić information content (AvgIpc) is 3.08. The molecule has 0 radical (unpaired) electrons. The smallest absolute Gasteiger partial charge is 0.431 e. The van der Waals surface area contributed by atoms with Gasteiger partial charge in [-0.1, -0.05) is 55.8 Å². The molecule has 0 saturated heterocycles. The third kappa shape index (κ3) is 3.52. The highest BCUT2D eigenvalue weighted by Crippen LogP contribution is 2.64.